The Bertz CT molecular complexity index is 738. The Balaban J connectivity index is 2.41. The Kier molecular flexibility index (Phi) is 3.99. The van der Waals surface area contributed by atoms with E-state index in [1.165, 1.54) is 0 Å². The van der Waals surface area contributed by atoms with Gasteiger partial charge < -0.3 is 9.84 Å². The van der Waals surface area contributed by atoms with E-state index in [1.807, 2.05) is 0 Å². The third-order valence-electron chi connectivity index (χ3n) is 2.39. The van der Waals surface area contributed by atoms with Crippen LogP contribution in [0.15, 0.2) is 30.5 Å². The molecule has 0 radical (unpaired) electrons. The van der Waals surface area contributed by atoms with Gasteiger partial charge in [-0.2, -0.15) is 0 Å². The maximum absolute atomic E-state index is 13.0. The molecule has 108 valence electrons. The van der Waals surface area contributed by atoms with Crippen molar-refractivity contribution in [1.29, 1.82) is 0 Å². The zero-order valence-electron chi connectivity index (χ0n) is 10.1. The van der Waals surface area contributed by atoms with Crippen molar-refractivity contribution >= 4 is 23.3 Å². The molecular weight excluding hydrogens is 307 g/mol. The highest BCUT2D eigenvalue weighted by molar-refractivity contribution is 6.33. The van der Waals surface area contributed by atoms with Crippen LogP contribution in [0.25, 0.3) is 0 Å². The van der Waals surface area contributed by atoms with Crippen molar-refractivity contribution in [1.82, 2.24) is 4.98 Å². The number of hydrogen-bond donors (Lipinski definition) is 1. The summed E-state index contributed by atoms with van der Waals surface area (Å²) in [6.45, 7) is 0. The number of pyridine rings is 1. The van der Waals surface area contributed by atoms with E-state index >= 15 is 0 Å². The molecule has 0 unspecified atom stereocenters. The average Bonchev–Trinajstić information content (AvgIpc) is 2.42. The number of aromatic nitrogens is 1. The van der Waals surface area contributed by atoms with Crippen molar-refractivity contribution in [3.63, 3.8) is 0 Å². The zero-order valence-corrected chi connectivity index (χ0v) is 10.9. The van der Waals surface area contributed by atoms with Crippen LogP contribution in [0.5, 0.6) is 11.6 Å². The highest BCUT2D eigenvalue weighted by atomic mass is 35.5. The van der Waals surface area contributed by atoms with Gasteiger partial charge in [0, 0.05) is 6.07 Å². The summed E-state index contributed by atoms with van der Waals surface area (Å²) in [4.78, 5) is 24.6. The molecule has 0 aliphatic heterocycles. The second kappa shape index (κ2) is 5.71. The van der Waals surface area contributed by atoms with Gasteiger partial charge in [0.2, 0.25) is 11.6 Å². The van der Waals surface area contributed by atoms with Gasteiger partial charge in [0.25, 0.3) is 0 Å². The van der Waals surface area contributed by atoms with Crippen molar-refractivity contribution < 1.29 is 24.0 Å². The minimum absolute atomic E-state index is 0.108. The normalized spacial score (nSPS) is 10.2. The number of nitro benzene ring substituents is 1. The number of aromatic carboxylic acids is 1. The molecule has 0 saturated heterocycles. The maximum Gasteiger partial charge on any atom is 0.337 e. The van der Waals surface area contributed by atoms with Crippen molar-refractivity contribution in [2.24, 2.45) is 0 Å². The van der Waals surface area contributed by atoms with Gasteiger partial charge in [-0.05, 0) is 12.1 Å². The van der Waals surface area contributed by atoms with Gasteiger partial charge in [0.15, 0.2) is 0 Å². The van der Waals surface area contributed by atoms with Crippen LogP contribution in [0.2, 0.25) is 5.02 Å². The maximum atomic E-state index is 13.0. The minimum atomic E-state index is -1.30. The summed E-state index contributed by atoms with van der Waals surface area (Å²) in [5, 5.41) is 19.6. The summed E-state index contributed by atoms with van der Waals surface area (Å²) in [7, 11) is 0. The highest BCUT2D eigenvalue weighted by Crippen LogP contribution is 2.32. The Morgan fingerprint density at radius 1 is 1.43 bits per heavy atom. The number of halogens is 2. The average molecular weight is 313 g/mol. The van der Waals surface area contributed by atoms with Crippen LogP contribution in [-0.4, -0.2) is 21.0 Å². The Labute approximate surface area is 121 Å². The number of ether oxygens (including phenoxy) is 1. The predicted octanol–water partition coefficient (Wildman–Crippen LogP) is 3.27. The fourth-order valence-electron chi connectivity index (χ4n) is 1.47. The number of benzene rings is 1. The van der Waals surface area contributed by atoms with Gasteiger partial charge >= 0.3 is 11.7 Å². The molecule has 0 atom stereocenters. The van der Waals surface area contributed by atoms with E-state index in [0.717, 1.165) is 24.4 Å². The molecule has 7 nitrogen and oxygen atoms in total. The lowest BCUT2D eigenvalue weighted by Gasteiger charge is -2.06. The summed E-state index contributed by atoms with van der Waals surface area (Å²) < 4.78 is 18.1. The van der Waals surface area contributed by atoms with Crippen LogP contribution in [-0.2, 0) is 0 Å². The smallest absolute Gasteiger partial charge is 0.337 e. The van der Waals surface area contributed by atoms with E-state index in [1.54, 1.807) is 0 Å². The topological polar surface area (TPSA) is 103 Å². The molecule has 2 aromatic rings. The number of nitro groups is 1. The summed E-state index contributed by atoms with van der Waals surface area (Å²) >= 11 is 5.64. The fraction of sp³-hybridized carbons (Fsp3) is 0. The minimum Gasteiger partial charge on any atom is -0.478 e. The monoisotopic (exact) mass is 312 g/mol. The van der Waals surface area contributed by atoms with Crippen LogP contribution >= 0.6 is 11.6 Å². The molecule has 1 N–H and O–H groups in total. The lowest BCUT2D eigenvalue weighted by Crippen LogP contribution is -2.00. The summed E-state index contributed by atoms with van der Waals surface area (Å²) in [6, 6.07) is 3.71. The number of carboxylic acids is 1. The van der Waals surface area contributed by atoms with Crippen LogP contribution < -0.4 is 4.74 Å². The van der Waals surface area contributed by atoms with Crippen LogP contribution in [0.4, 0.5) is 10.1 Å². The van der Waals surface area contributed by atoms with Crippen LogP contribution in [0, 0.1) is 15.9 Å². The first-order chi connectivity index (χ1) is 9.88. The van der Waals surface area contributed by atoms with Gasteiger partial charge in [-0.15, -0.1) is 0 Å². The molecular formula is C12H6ClFN2O5. The molecule has 21 heavy (non-hydrogen) atoms. The molecule has 0 aliphatic rings. The fourth-order valence-corrected chi connectivity index (χ4v) is 1.66. The molecule has 9 heteroatoms. The number of rotatable bonds is 4. The number of carboxylic acid groups (broad SMARTS) is 1. The summed E-state index contributed by atoms with van der Waals surface area (Å²) in [5.74, 6) is -2.59. The second-order valence-corrected chi connectivity index (χ2v) is 4.19. The molecule has 1 heterocycles. The van der Waals surface area contributed by atoms with E-state index < -0.39 is 22.4 Å². The van der Waals surface area contributed by atoms with Crippen molar-refractivity contribution in [3.05, 3.63) is 57.0 Å². The number of carbonyl (C=O) groups is 1. The van der Waals surface area contributed by atoms with Gasteiger partial charge in [-0.1, -0.05) is 11.6 Å². The second-order valence-electron chi connectivity index (χ2n) is 3.78. The third-order valence-corrected chi connectivity index (χ3v) is 2.69. The molecule has 0 spiro atoms. The summed E-state index contributed by atoms with van der Waals surface area (Å²) in [5.41, 5.74) is -0.880. The first-order valence-corrected chi connectivity index (χ1v) is 5.77. The van der Waals surface area contributed by atoms with E-state index in [-0.39, 0.29) is 22.2 Å². The van der Waals surface area contributed by atoms with Gasteiger partial charge in [0.05, 0.1) is 27.8 Å². The molecule has 1 aromatic carbocycles. The first kappa shape index (κ1) is 14.7. The third kappa shape index (κ3) is 3.23. The number of hydrogen-bond acceptors (Lipinski definition) is 5. The van der Waals surface area contributed by atoms with E-state index in [9.17, 15) is 19.3 Å². The molecule has 0 saturated carbocycles. The lowest BCUT2D eigenvalue weighted by atomic mass is 10.2. The SMILES string of the molecule is O=C(O)c1cc(Oc2ccc(F)cc2[N+](=O)[O-])ncc1Cl. The molecule has 0 fully saturated rings. The van der Waals surface area contributed by atoms with Gasteiger partial charge in [0.1, 0.15) is 5.82 Å². The van der Waals surface area contributed by atoms with Gasteiger partial charge in [-0.3, -0.25) is 10.1 Å². The van der Waals surface area contributed by atoms with Crippen molar-refractivity contribution in [2.45, 2.75) is 0 Å². The zero-order chi connectivity index (χ0) is 15.6. The molecule has 0 bridgehead atoms. The number of nitrogens with zero attached hydrogens (tertiary/aromatic N) is 2. The quantitative estimate of drug-likeness (QED) is 0.686. The highest BCUT2D eigenvalue weighted by Gasteiger charge is 2.19. The van der Waals surface area contributed by atoms with Crippen LogP contribution in [0.1, 0.15) is 10.4 Å². The largest absolute Gasteiger partial charge is 0.478 e. The van der Waals surface area contributed by atoms with Crippen molar-refractivity contribution in [3.8, 4) is 11.6 Å². The standard InChI is InChI=1S/C12H6ClFN2O5/c13-8-5-15-11(4-7(8)12(17)18)21-10-2-1-6(14)3-9(10)16(19)20/h1-5H,(H,17,18). The van der Waals surface area contributed by atoms with Gasteiger partial charge in [-0.25, -0.2) is 14.2 Å². The Morgan fingerprint density at radius 3 is 2.76 bits per heavy atom. The summed E-state index contributed by atoms with van der Waals surface area (Å²) in [6.07, 6.45) is 1.04. The molecule has 0 aliphatic carbocycles. The van der Waals surface area contributed by atoms with E-state index in [4.69, 9.17) is 21.4 Å². The molecule has 0 amide bonds. The first-order valence-electron chi connectivity index (χ1n) is 5.39. The van der Waals surface area contributed by atoms with E-state index in [0.29, 0.717) is 6.07 Å². The molecule has 1 aromatic heterocycles. The van der Waals surface area contributed by atoms with Crippen molar-refractivity contribution in [2.75, 3.05) is 0 Å². The predicted molar refractivity (Wildman–Crippen MR) is 69.3 cm³/mol. The van der Waals surface area contributed by atoms with Crippen LogP contribution in [0.3, 0.4) is 0 Å². The van der Waals surface area contributed by atoms with E-state index in [2.05, 4.69) is 4.98 Å². The lowest BCUT2D eigenvalue weighted by molar-refractivity contribution is -0.385. The Hall–Kier alpha value is -2.74. The Morgan fingerprint density at radius 2 is 2.14 bits per heavy atom. The molecule has 2 rings (SSSR count).